The van der Waals surface area contributed by atoms with Crippen LogP contribution in [0.3, 0.4) is 0 Å². The molecule has 0 aliphatic carbocycles. The molecule has 4 heterocycles. The van der Waals surface area contributed by atoms with Gasteiger partial charge >= 0.3 is 6.03 Å². The molecule has 0 bridgehead atoms. The molecule has 0 spiro atoms. The number of nitrogens with zero attached hydrogens (tertiary/aromatic N) is 5. The second kappa shape index (κ2) is 9.69. The lowest BCUT2D eigenvalue weighted by Gasteiger charge is -2.36. The second-order valence-electron chi connectivity index (χ2n) is 8.32. The van der Waals surface area contributed by atoms with Crippen LogP contribution < -0.4 is 5.32 Å². The topological polar surface area (TPSA) is 75.5 Å². The summed E-state index contributed by atoms with van der Waals surface area (Å²) in [5.41, 5.74) is 0. The van der Waals surface area contributed by atoms with Crippen LogP contribution in [0.4, 0.5) is 4.79 Å². The molecule has 8 nitrogen and oxygen atoms in total. The van der Waals surface area contributed by atoms with Gasteiger partial charge < -0.3 is 19.5 Å². The smallest absolute Gasteiger partial charge is 0.317 e. The molecule has 0 aromatic carbocycles. The number of hydrogen-bond acceptors (Lipinski definition) is 5. The van der Waals surface area contributed by atoms with Gasteiger partial charge in [-0.3, -0.25) is 4.90 Å². The van der Waals surface area contributed by atoms with Gasteiger partial charge in [-0.25, -0.2) is 4.79 Å². The molecule has 3 aliphatic heterocycles. The van der Waals surface area contributed by atoms with Crippen molar-refractivity contribution in [3.05, 3.63) is 11.6 Å². The van der Waals surface area contributed by atoms with Crippen LogP contribution >= 0.6 is 0 Å². The van der Waals surface area contributed by atoms with Gasteiger partial charge in [0, 0.05) is 58.7 Å². The van der Waals surface area contributed by atoms with E-state index in [1.54, 1.807) is 0 Å². The van der Waals surface area contributed by atoms with Gasteiger partial charge in [-0.1, -0.05) is 6.42 Å². The van der Waals surface area contributed by atoms with Crippen LogP contribution in [0.1, 0.15) is 43.8 Å². The number of piperidine rings is 1. The van der Waals surface area contributed by atoms with Crippen LogP contribution in [0.15, 0.2) is 0 Å². The summed E-state index contributed by atoms with van der Waals surface area (Å²) in [6.07, 6.45) is 7.65. The first kappa shape index (κ1) is 19.6. The lowest BCUT2D eigenvalue weighted by molar-refractivity contribution is 0.0258. The molecule has 2 amide bonds. The van der Waals surface area contributed by atoms with Crippen LogP contribution in [0, 0.1) is 5.92 Å². The van der Waals surface area contributed by atoms with E-state index in [9.17, 15) is 4.79 Å². The maximum Gasteiger partial charge on any atom is 0.317 e. The number of urea groups is 1. The third-order valence-corrected chi connectivity index (χ3v) is 6.33. The Balaban J connectivity index is 1.16. The summed E-state index contributed by atoms with van der Waals surface area (Å²) >= 11 is 0. The van der Waals surface area contributed by atoms with Crippen LogP contribution in [0.25, 0.3) is 0 Å². The van der Waals surface area contributed by atoms with Gasteiger partial charge in [0.1, 0.15) is 11.6 Å². The van der Waals surface area contributed by atoms with E-state index in [4.69, 9.17) is 4.74 Å². The monoisotopic (exact) mass is 390 g/mol. The molecule has 2 saturated heterocycles. The maximum atomic E-state index is 12.5. The number of carbonyl (C=O) groups is 1. The SMILES string of the molecule is O=C(NCCc1nnc2n1CCCCC2)N1CCC(CN2CCOCC2)CC1. The minimum absolute atomic E-state index is 0.0698. The third-order valence-electron chi connectivity index (χ3n) is 6.33. The van der Waals surface area contributed by atoms with E-state index in [1.165, 1.54) is 19.3 Å². The Bertz CT molecular complexity index is 635. The van der Waals surface area contributed by atoms with Crippen LogP contribution in [0.5, 0.6) is 0 Å². The zero-order chi connectivity index (χ0) is 19.2. The van der Waals surface area contributed by atoms with Gasteiger partial charge in [0.05, 0.1) is 13.2 Å². The Morgan fingerprint density at radius 3 is 2.68 bits per heavy atom. The standard InChI is InChI=1S/C20H34N6O2/c27-20(21-8-5-19-23-22-18-4-2-1-3-9-26(18)19)25-10-6-17(7-11-25)16-24-12-14-28-15-13-24/h17H,1-16H2,(H,21,27). The van der Waals surface area contributed by atoms with Crippen molar-refractivity contribution in [3.8, 4) is 0 Å². The largest absolute Gasteiger partial charge is 0.379 e. The fraction of sp³-hybridized carbons (Fsp3) is 0.850. The molecule has 4 rings (SSSR count). The number of morpholine rings is 1. The molecule has 0 radical (unpaired) electrons. The molecular weight excluding hydrogens is 356 g/mol. The fourth-order valence-electron chi connectivity index (χ4n) is 4.59. The molecule has 0 atom stereocenters. The van der Waals surface area contributed by atoms with Crippen molar-refractivity contribution < 1.29 is 9.53 Å². The number of hydrogen-bond donors (Lipinski definition) is 1. The summed E-state index contributed by atoms with van der Waals surface area (Å²) in [6, 6.07) is 0.0698. The highest BCUT2D eigenvalue weighted by atomic mass is 16.5. The summed E-state index contributed by atoms with van der Waals surface area (Å²) < 4.78 is 7.69. The van der Waals surface area contributed by atoms with Gasteiger partial charge in [-0.15, -0.1) is 10.2 Å². The zero-order valence-corrected chi connectivity index (χ0v) is 16.9. The van der Waals surface area contributed by atoms with Gasteiger partial charge in [0.15, 0.2) is 0 Å². The lowest BCUT2D eigenvalue weighted by Crippen LogP contribution is -2.47. The fourth-order valence-corrected chi connectivity index (χ4v) is 4.59. The molecule has 1 N–H and O–H groups in total. The average Bonchev–Trinajstić information content (AvgIpc) is 2.95. The number of amides is 2. The number of nitrogens with one attached hydrogen (secondary N) is 1. The molecule has 8 heteroatoms. The molecule has 0 unspecified atom stereocenters. The number of carbonyl (C=O) groups excluding carboxylic acids is 1. The Morgan fingerprint density at radius 1 is 1.04 bits per heavy atom. The summed E-state index contributed by atoms with van der Waals surface area (Å²) in [5, 5.41) is 11.8. The molecule has 2 fully saturated rings. The number of aryl methyl sites for hydroxylation is 1. The van der Waals surface area contributed by atoms with E-state index in [2.05, 4.69) is 25.0 Å². The molecule has 3 aliphatic rings. The predicted molar refractivity (Wildman–Crippen MR) is 106 cm³/mol. The average molecular weight is 391 g/mol. The van der Waals surface area contributed by atoms with Crippen molar-refractivity contribution in [1.29, 1.82) is 0 Å². The predicted octanol–water partition coefficient (Wildman–Crippen LogP) is 1.30. The van der Waals surface area contributed by atoms with Crippen molar-refractivity contribution in [1.82, 2.24) is 29.9 Å². The first-order valence-electron chi connectivity index (χ1n) is 11.0. The molecule has 0 saturated carbocycles. The molecule has 156 valence electrons. The summed E-state index contributed by atoms with van der Waals surface area (Å²) in [7, 11) is 0. The molecule has 28 heavy (non-hydrogen) atoms. The Hall–Kier alpha value is -1.67. The highest BCUT2D eigenvalue weighted by Crippen LogP contribution is 2.19. The lowest BCUT2D eigenvalue weighted by atomic mass is 9.96. The Labute approximate surface area is 167 Å². The van der Waals surface area contributed by atoms with Crippen molar-refractivity contribution in [2.45, 2.75) is 51.5 Å². The third kappa shape index (κ3) is 5.03. The van der Waals surface area contributed by atoms with Crippen LogP contribution in [-0.4, -0.2) is 83.1 Å². The van der Waals surface area contributed by atoms with Crippen molar-refractivity contribution >= 4 is 6.03 Å². The van der Waals surface area contributed by atoms with Gasteiger partial charge in [0.2, 0.25) is 0 Å². The summed E-state index contributed by atoms with van der Waals surface area (Å²) in [6.45, 7) is 8.33. The normalized spacial score (nSPS) is 21.9. The van der Waals surface area contributed by atoms with Gasteiger partial charge in [0.25, 0.3) is 0 Å². The van der Waals surface area contributed by atoms with E-state index in [1.807, 2.05) is 4.90 Å². The Morgan fingerprint density at radius 2 is 1.86 bits per heavy atom. The first-order chi connectivity index (χ1) is 13.8. The minimum atomic E-state index is 0.0698. The van der Waals surface area contributed by atoms with Crippen molar-refractivity contribution in [3.63, 3.8) is 0 Å². The quantitative estimate of drug-likeness (QED) is 0.820. The second-order valence-corrected chi connectivity index (χ2v) is 8.32. The van der Waals surface area contributed by atoms with E-state index in [-0.39, 0.29) is 6.03 Å². The van der Waals surface area contributed by atoms with Gasteiger partial charge in [-0.2, -0.15) is 0 Å². The first-order valence-corrected chi connectivity index (χ1v) is 11.0. The number of ether oxygens (including phenoxy) is 1. The zero-order valence-electron chi connectivity index (χ0n) is 16.9. The van der Waals surface area contributed by atoms with E-state index in [0.29, 0.717) is 12.5 Å². The van der Waals surface area contributed by atoms with Crippen molar-refractivity contribution in [2.75, 3.05) is 52.5 Å². The summed E-state index contributed by atoms with van der Waals surface area (Å²) in [4.78, 5) is 17.0. The maximum absolute atomic E-state index is 12.5. The van der Waals surface area contributed by atoms with E-state index in [0.717, 1.165) is 89.8 Å². The Kier molecular flexibility index (Phi) is 6.80. The number of rotatable bonds is 5. The minimum Gasteiger partial charge on any atom is -0.379 e. The number of likely N-dealkylation sites (tertiary alicyclic amines) is 1. The van der Waals surface area contributed by atoms with E-state index >= 15 is 0 Å². The highest BCUT2D eigenvalue weighted by molar-refractivity contribution is 5.74. The molecule has 1 aromatic heterocycles. The molecule has 1 aromatic rings. The van der Waals surface area contributed by atoms with Gasteiger partial charge in [-0.05, 0) is 31.6 Å². The number of aromatic nitrogens is 3. The highest BCUT2D eigenvalue weighted by Gasteiger charge is 2.25. The number of fused-ring (bicyclic) bond motifs is 1. The van der Waals surface area contributed by atoms with Crippen molar-refractivity contribution in [2.24, 2.45) is 5.92 Å². The summed E-state index contributed by atoms with van der Waals surface area (Å²) in [5.74, 6) is 2.83. The molecular formula is C20H34N6O2. The van der Waals surface area contributed by atoms with E-state index < -0.39 is 0 Å². The van der Waals surface area contributed by atoms with Crippen LogP contribution in [0.2, 0.25) is 0 Å². The van der Waals surface area contributed by atoms with Crippen LogP contribution in [-0.2, 0) is 24.1 Å².